The van der Waals surface area contributed by atoms with E-state index >= 15 is 0 Å². The zero-order valence-electron chi connectivity index (χ0n) is 15.1. The van der Waals surface area contributed by atoms with E-state index in [-0.39, 0.29) is 22.0 Å². The van der Waals surface area contributed by atoms with Gasteiger partial charge in [0, 0.05) is 35.1 Å². The molecule has 148 valence electrons. The Labute approximate surface area is 165 Å². The Morgan fingerprint density at radius 2 is 2.00 bits per heavy atom. The molecule has 0 saturated carbocycles. The summed E-state index contributed by atoms with van der Waals surface area (Å²) in [6.45, 7) is 0. The number of carbonyl (C=O) groups excluding carboxylic acids is 1. The normalized spacial score (nSPS) is 11.5. The second kappa shape index (κ2) is 7.06. The third-order valence-corrected chi connectivity index (χ3v) is 5.82. The molecule has 0 saturated heterocycles. The van der Waals surface area contributed by atoms with Gasteiger partial charge in [0.25, 0.3) is 15.9 Å². The maximum absolute atomic E-state index is 13.8. The van der Waals surface area contributed by atoms with E-state index in [0.717, 1.165) is 21.1 Å². The molecule has 0 radical (unpaired) electrons. The number of fused-ring (bicyclic) bond motifs is 1. The molecule has 2 N–H and O–H groups in total. The summed E-state index contributed by atoms with van der Waals surface area (Å²) < 4.78 is 44.9. The number of aromatic amines is 1. The van der Waals surface area contributed by atoms with Crippen molar-refractivity contribution in [3.05, 3.63) is 72.4 Å². The second-order valence-electron chi connectivity index (χ2n) is 6.11. The van der Waals surface area contributed by atoms with Crippen molar-refractivity contribution in [2.45, 2.75) is 4.90 Å². The minimum Gasteiger partial charge on any atom is -0.494 e. The molecule has 0 aliphatic carbocycles. The molecule has 0 spiro atoms. The Morgan fingerprint density at radius 3 is 2.76 bits per heavy atom. The van der Waals surface area contributed by atoms with Gasteiger partial charge in [0.15, 0.2) is 17.3 Å². The summed E-state index contributed by atoms with van der Waals surface area (Å²) in [6.07, 6.45) is 2.89. The molecule has 0 fully saturated rings. The van der Waals surface area contributed by atoms with Crippen LogP contribution in [0.4, 0.5) is 10.1 Å². The van der Waals surface area contributed by atoms with Crippen molar-refractivity contribution in [1.82, 2.24) is 14.2 Å². The summed E-state index contributed by atoms with van der Waals surface area (Å²) in [4.78, 5) is 15.4. The van der Waals surface area contributed by atoms with Crippen LogP contribution in [-0.4, -0.2) is 35.6 Å². The first-order chi connectivity index (χ1) is 13.9. The van der Waals surface area contributed by atoms with Crippen molar-refractivity contribution in [1.29, 1.82) is 0 Å². The average Bonchev–Trinajstić information content (AvgIpc) is 3.37. The van der Waals surface area contributed by atoms with Crippen LogP contribution in [0.2, 0.25) is 0 Å². The topological polar surface area (TPSA) is 106 Å². The van der Waals surface area contributed by atoms with Crippen LogP contribution in [0.1, 0.15) is 10.5 Å². The van der Waals surface area contributed by atoms with Gasteiger partial charge in [-0.1, -0.05) is 0 Å². The maximum Gasteiger partial charge on any atom is 0.282 e. The zero-order valence-corrected chi connectivity index (χ0v) is 15.9. The highest BCUT2D eigenvalue weighted by Gasteiger charge is 2.21. The van der Waals surface area contributed by atoms with E-state index in [4.69, 9.17) is 4.74 Å². The van der Waals surface area contributed by atoms with Crippen molar-refractivity contribution < 1.29 is 22.3 Å². The maximum atomic E-state index is 13.8. The second-order valence-corrected chi connectivity index (χ2v) is 7.90. The summed E-state index contributed by atoms with van der Waals surface area (Å²) in [5.41, 5.74) is 0.854. The SMILES string of the molecule is COc1ccc(NC(=O)c2ccn(S(=O)(=O)c3ccc4[nH]ccc4c3)n2)cc1F. The number of rotatable bonds is 5. The minimum absolute atomic E-state index is 0.0388. The van der Waals surface area contributed by atoms with Crippen LogP contribution in [0.25, 0.3) is 10.9 Å². The van der Waals surface area contributed by atoms with Gasteiger partial charge in [-0.2, -0.15) is 17.6 Å². The summed E-state index contributed by atoms with van der Waals surface area (Å²) in [7, 11) is -2.64. The molecule has 1 amide bonds. The zero-order chi connectivity index (χ0) is 20.6. The third-order valence-electron chi connectivity index (χ3n) is 4.28. The number of halogens is 1. The third kappa shape index (κ3) is 3.45. The summed E-state index contributed by atoms with van der Waals surface area (Å²) in [5, 5.41) is 7.07. The van der Waals surface area contributed by atoms with E-state index in [1.165, 1.54) is 43.6 Å². The number of benzene rings is 2. The average molecular weight is 414 g/mol. The van der Waals surface area contributed by atoms with Crippen LogP contribution >= 0.6 is 0 Å². The highest BCUT2D eigenvalue weighted by molar-refractivity contribution is 7.89. The summed E-state index contributed by atoms with van der Waals surface area (Å²) in [6, 6.07) is 11.6. The van der Waals surface area contributed by atoms with Crippen molar-refractivity contribution in [2.75, 3.05) is 12.4 Å². The minimum atomic E-state index is -3.97. The predicted octanol–water partition coefficient (Wildman–Crippen LogP) is 3.00. The number of ether oxygens (including phenoxy) is 1. The van der Waals surface area contributed by atoms with Crippen molar-refractivity contribution in [3.63, 3.8) is 0 Å². The molecule has 4 rings (SSSR count). The fourth-order valence-electron chi connectivity index (χ4n) is 2.80. The first-order valence-corrected chi connectivity index (χ1v) is 9.86. The molecular formula is C19H15FN4O4S. The Balaban J connectivity index is 1.58. The lowest BCUT2D eigenvalue weighted by atomic mass is 10.2. The lowest BCUT2D eigenvalue weighted by Gasteiger charge is -2.06. The number of anilines is 1. The number of nitrogens with zero attached hydrogens (tertiary/aromatic N) is 2. The molecule has 29 heavy (non-hydrogen) atoms. The molecule has 2 aromatic carbocycles. The molecular weight excluding hydrogens is 399 g/mol. The molecule has 0 bridgehead atoms. The fourth-order valence-corrected chi connectivity index (χ4v) is 3.95. The summed E-state index contributed by atoms with van der Waals surface area (Å²) in [5.74, 6) is -1.28. The van der Waals surface area contributed by atoms with Gasteiger partial charge in [-0.15, -0.1) is 0 Å². The van der Waals surface area contributed by atoms with E-state index in [1.807, 2.05) is 0 Å². The Bertz CT molecular complexity index is 1330. The van der Waals surface area contributed by atoms with Gasteiger partial charge < -0.3 is 15.0 Å². The van der Waals surface area contributed by atoms with E-state index in [0.29, 0.717) is 0 Å². The number of aromatic nitrogens is 3. The molecule has 0 aliphatic rings. The van der Waals surface area contributed by atoms with Gasteiger partial charge in [0.1, 0.15) is 0 Å². The lowest BCUT2D eigenvalue weighted by Crippen LogP contribution is -2.17. The molecule has 8 nitrogen and oxygen atoms in total. The standard InChI is InChI=1S/C19H15FN4O4S/c1-28-18-5-2-13(11-15(18)20)22-19(25)17-7-9-24(23-17)29(26,27)14-3-4-16-12(10-14)6-8-21-16/h2-11,21H,1H3,(H,22,25). The smallest absolute Gasteiger partial charge is 0.282 e. The van der Waals surface area contributed by atoms with Crippen LogP contribution < -0.4 is 10.1 Å². The van der Waals surface area contributed by atoms with E-state index in [1.54, 1.807) is 18.3 Å². The predicted molar refractivity (Wildman–Crippen MR) is 104 cm³/mol. The largest absolute Gasteiger partial charge is 0.494 e. The Kier molecular flexibility index (Phi) is 4.55. The Hall–Kier alpha value is -3.66. The van der Waals surface area contributed by atoms with E-state index < -0.39 is 21.7 Å². The molecule has 4 aromatic rings. The first-order valence-electron chi connectivity index (χ1n) is 8.42. The molecule has 2 aromatic heterocycles. The van der Waals surface area contributed by atoms with Gasteiger partial charge in [-0.25, -0.2) is 4.39 Å². The van der Waals surface area contributed by atoms with E-state index in [2.05, 4.69) is 15.4 Å². The number of methoxy groups -OCH3 is 1. The van der Waals surface area contributed by atoms with Crippen LogP contribution in [0.5, 0.6) is 5.75 Å². The van der Waals surface area contributed by atoms with Crippen molar-refractivity contribution in [2.24, 2.45) is 0 Å². The number of nitrogens with one attached hydrogen (secondary N) is 2. The van der Waals surface area contributed by atoms with Crippen LogP contribution in [0.3, 0.4) is 0 Å². The monoisotopic (exact) mass is 414 g/mol. The van der Waals surface area contributed by atoms with Crippen molar-refractivity contribution >= 4 is 32.5 Å². The van der Waals surface area contributed by atoms with Gasteiger partial charge in [-0.05, 0) is 42.5 Å². The fraction of sp³-hybridized carbons (Fsp3) is 0.0526. The molecule has 2 heterocycles. The van der Waals surface area contributed by atoms with Crippen molar-refractivity contribution in [3.8, 4) is 5.75 Å². The lowest BCUT2D eigenvalue weighted by molar-refractivity contribution is 0.102. The number of amides is 1. The molecule has 0 unspecified atom stereocenters. The number of hydrogen-bond donors (Lipinski definition) is 2. The summed E-state index contributed by atoms with van der Waals surface area (Å²) >= 11 is 0. The highest BCUT2D eigenvalue weighted by atomic mass is 32.2. The number of hydrogen-bond acceptors (Lipinski definition) is 5. The van der Waals surface area contributed by atoms with Gasteiger partial charge in [0.2, 0.25) is 0 Å². The van der Waals surface area contributed by atoms with Gasteiger partial charge >= 0.3 is 0 Å². The first kappa shape index (κ1) is 18.7. The van der Waals surface area contributed by atoms with Gasteiger partial charge in [-0.3, -0.25) is 4.79 Å². The highest BCUT2D eigenvalue weighted by Crippen LogP contribution is 2.22. The van der Waals surface area contributed by atoms with Crippen LogP contribution in [-0.2, 0) is 10.0 Å². The van der Waals surface area contributed by atoms with Crippen LogP contribution in [0, 0.1) is 5.82 Å². The van der Waals surface area contributed by atoms with E-state index in [9.17, 15) is 17.6 Å². The van der Waals surface area contributed by atoms with Gasteiger partial charge in [0.05, 0.1) is 12.0 Å². The molecule has 10 heteroatoms. The Morgan fingerprint density at radius 1 is 1.17 bits per heavy atom. The number of carbonyl (C=O) groups is 1. The van der Waals surface area contributed by atoms with Crippen LogP contribution in [0.15, 0.2) is 65.8 Å². The quantitative estimate of drug-likeness (QED) is 0.522. The molecule has 0 aliphatic heterocycles. The number of H-pyrrole nitrogens is 1. The molecule has 0 atom stereocenters.